The van der Waals surface area contributed by atoms with E-state index in [0.717, 1.165) is 18.4 Å². The molecule has 0 bridgehead atoms. The monoisotopic (exact) mass is 246 g/mol. The Balaban J connectivity index is 1.93. The highest BCUT2D eigenvalue weighted by Gasteiger charge is 2.24. The Morgan fingerprint density at radius 2 is 2.11 bits per heavy atom. The maximum atomic E-state index is 12.1. The van der Waals surface area contributed by atoms with Crippen LogP contribution in [-0.2, 0) is 4.79 Å². The average molecular weight is 246 g/mol. The average Bonchev–Trinajstić information content (AvgIpc) is 3.11. The van der Waals surface area contributed by atoms with Gasteiger partial charge in [0.1, 0.15) is 0 Å². The summed E-state index contributed by atoms with van der Waals surface area (Å²) in [6, 6.07) is 7.72. The lowest BCUT2D eigenvalue weighted by Gasteiger charge is -2.17. The summed E-state index contributed by atoms with van der Waals surface area (Å²) in [6.07, 6.45) is 2.11. The Morgan fingerprint density at radius 3 is 2.72 bits per heavy atom. The number of hydrogen-bond donors (Lipinski definition) is 1. The Morgan fingerprint density at radius 1 is 1.39 bits per heavy atom. The Hall–Kier alpha value is -1.84. The van der Waals surface area contributed by atoms with E-state index in [9.17, 15) is 9.59 Å². The van der Waals surface area contributed by atoms with Crippen molar-refractivity contribution < 1.29 is 9.59 Å². The summed E-state index contributed by atoms with van der Waals surface area (Å²) in [5.41, 5.74) is 1.66. The lowest BCUT2D eigenvalue weighted by Crippen LogP contribution is -2.39. The Kier molecular flexibility index (Phi) is 3.65. The van der Waals surface area contributed by atoms with Crippen LogP contribution >= 0.6 is 0 Å². The largest absolute Gasteiger partial charge is 0.352 e. The number of carbonyl (C=O) groups is 2. The van der Waals surface area contributed by atoms with Crippen LogP contribution in [0.25, 0.3) is 0 Å². The molecule has 96 valence electrons. The lowest BCUT2D eigenvalue weighted by atomic mass is 10.1. The number of benzene rings is 1. The zero-order valence-corrected chi connectivity index (χ0v) is 10.8. The van der Waals surface area contributed by atoms with E-state index in [0.29, 0.717) is 11.6 Å². The molecule has 0 unspecified atom stereocenters. The topological polar surface area (TPSA) is 49.4 Å². The highest BCUT2D eigenvalue weighted by molar-refractivity contribution is 5.96. The lowest BCUT2D eigenvalue weighted by molar-refractivity contribution is -0.121. The van der Waals surface area contributed by atoms with E-state index >= 15 is 0 Å². The van der Waals surface area contributed by atoms with E-state index in [1.54, 1.807) is 13.1 Å². The molecule has 2 amide bonds. The van der Waals surface area contributed by atoms with Gasteiger partial charge in [-0.1, -0.05) is 17.7 Å². The summed E-state index contributed by atoms with van der Waals surface area (Å²) in [4.78, 5) is 25.1. The molecule has 18 heavy (non-hydrogen) atoms. The van der Waals surface area contributed by atoms with Crippen molar-refractivity contribution in [1.29, 1.82) is 0 Å². The van der Waals surface area contributed by atoms with Gasteiger partial charge >= 0.3 is 0 Å². The molecule has 0 aromatic heterocycles. The van der Waals surface area contributed by atoms with E-state index in [1.165, 1.54) is 4.90 Å². The summed E-state index contributed by atoms with van der Waals surface area (Å²) in [5, 5.41) is 2.87. The molecular weight excluding hydrogens is 228 g/mol. The van der Waals surface area contributed by atoms with Gasteiger partial charge in [-0.05, 0) is 31.9 Å². The van der Waals surface area contributed by atoms with Gasteiger partial charge < -0.3 is 10.2 Å². The van der Waals surface area contributed by atoms with Crippen LogP contribution < -0.4 is 5.32 Å². The van der Waals surface area contributed by atoms with Gasteiger partial charge in [-0.2, -0.15) is 0 Å². The Labute approximate surface area is 107 Å². The first-order chi connectivity index (χ1) is 8.56. The number of aryl methyl sites for hydroxylation is 1. The van der Waals surface area contributed by atoms with Crippen LogP contribution in [0.4, 0.5) is 0 Å². The quantitative estimate of drug-likeness (QED) is 0.871. The summed E-state index contributed by atoms with van der Waals surface area (Å²) in [6.45, 7) is 2.06. The fourth-order valence-corrected chi connectivity index (χ4v) is 1.79. The maximum Gasteiger partial charge on any atom is 0.254 e. The number of nitrogens with one attached hydrogen (secondary N) is 1. The molecule has 4 heteroatoms. The van der Waals surface area contributed by atoms with Crippen molar-refractivity contribution in [3.05, 3.63) is 35.4 Å². The van der Waals surface area contributed by atoms with Gasteiger partial charge in [-0.3, -0.25) is 9.59 Å². The number of nitrogens with zero attached hydrogens (tertiary/aromatic N) is 1. The van der Waals surface area contributed by atoms with Crippen LogP contribution in [0.1, 0.15) is 28.8 Å². The first-order valence-corrected chi connectivity index (χ1v) is 6.18. The van der Waals surface area contributed by atoms with Crippen molar-refractivity contribution in [2.75, 3.05) is 13.6 Å². The van der Waals surface area contributed by atoms with Gasteiger partial charge in [0.05, 0.1) is 6.54 Å². The summed E-state index contributed by atoms with van der Waals surface area (Å²) < 4.78 is 0. The normalized spacial score (nSPS) is 14.1. The molecule has 0 heterocycles. The zero-order valence-electron chi connectivity index (χ0n) is 10.8. The van der Waals surface area contributed by atoms with Crippen LogP contribution in [-0.4, -0.2) is 36.3 Å². The Bertz CT molecular complexity index is 467. The van der Waals surface area contributed by atoms with E-state index < -0.39 is 0 Å². The highest BCUT2D eigenvalue weighted by atomic mass is 16.2. The van der Waals surface area contributed by atoms with Crippen molar-refractivity contribution in [2.45, 2.75) is 25.8 Å². The molecule has 0 saturated heterocycles. The van der Waals surface area contributed by atoms with Crippen LogP contribution in [0.3, 0.4) is 0 Å². The second-order valence-electron chi connectivity index (χ2n) is 4.87. The summed E-state index contributed by atoms with van der Waals surface area (Å²) >= 11 is 0. The molecule has 1 aromatic rings. The molecule has 1 aromatic carbocycles. The van der Waals surface area contributed by atoms with Crippen molar-refractivity contribution in [3.8, 4) is 0 Å². The second kappa shape index (κ2) is 5.21. The van der Waals surface area contributed by atoms with Gasteiger partial charge in [0.15, 0.2) is 0 Å². The molecule has 4 nitrogen and oxygen atoms in total. The first kappa shape index (κ1) is 12.6. The van der Waals surface area contributed by atoms with E-state index in [-0.39, 0.29) is 18.4 Å². The third-order valence-corrected chi connectivity index (χ3v) is 2.93. The minimum atomic E-state index is -0.121. The van der Waals surface area contributed by atoms with Gasteiger partial charge in [0.2, 0.25) is 5.91 Å². The van der Waals surface area contributed by atoms with Crippen LogP contribution in [0.15, 0.2) is 24.3 Å². The molecular formula is C14H18N2O2. The van der Waals surface area contributed by atoms with Gasteiger partial charge in [-0.15, -0.1) is 0 Å². The molecule has 1 saturated carbocycles. The van der Waals surface area contributed by atoms with Gasteiger partial charge in [0.25, 0.3) is 5.91 Å². The number of likely N-dealkylation sites (N-methyl/N-ethyl adjacent to an activating group) is 1. The third-order valence-electron chi connectivity index (χ3n) is 2.93. The zero-order chi connectivity index (χ0) is 13.1. The number of carbonyl (C=O) groups excluding carboxylic acids is 2. The smallest absolute Gasteiger partial charge is 0.254 e. The highest BCUT2D eigenvalue weighted by Crippen LogP contribution is 2.18. The van der Waals surface area contributed by atoms with Crippen molar-refractivity contribution in [1.82, 2.24) is 10.2 Å². The van der Waals surface area contributed by atoms with Crippen molar-refractivity contribution in [2.24, 2.45) is 0 Å². The van der Waals surface area contributed by atoms with Crippen LogP contribution in [0.5, 0.6) is 0 Å². The van der Waals surface area contributed by atoms with Crippen LogP contribution in [0, 0.1) is 6.92 Å². The van der Waals surface area contributed by atoms with E-state index in [1.807, 2.05) is 25.1 Å². The van der Waals surface area contributed by atoms with E-state index in [2.05, 4.69) is 5.32 Å². The first-order valence-electron chi connectivity index (χ1n) is 6.18. The number of hydrogen-bond acceptors (Lipinski definition) is 2. The van der Waals surface area contributed by atoms with Gasteiger partial charge in [-0.25, -0.2) is 0 Å². The molecule has 0 radical (unpaired) electrons. The minimum Gasteiger partial charge on any atom is -0.352 e. The van der Waals surface area contributed by atoms with Crippen molar-refractivity contribution in [3.63, 3.8) is 0 Å². The van der Waals surface area contributed by atoms with Crippen LogP contribution in [0.2, 0.25) is 0 Å². The maximum absolute atomic E-state index is 12.1. The SMILES string of the molecule is Cc1cccc(C(=O)N(C)CC(=O)NC2CC2)c1. The predicted molar refractivity (Wildman–Crippen MR) is 69.3 cm³/mol. The fourth-order valence-electron chi connectivity index (χ4n) is 1.79. The van der Waals surface area contributed by atoms with Crippen molar-refractivity contribution >= 4 is 11.8 Å². The molecule has 0 aliphatic heterocycles. The third kappa shape index (κ3) is 3.32. The predicted octanol–water partition coefficient (Wildman–Crippen LogP) is 1.35. The fraction of sp³-hybridized carbons (Fsp3) is 0.429. The second-order valence-corrected chi connectivity index (χ2v) is 4.87. The standard InChI is InChI=1S/C14H18N2O2/c1-10-4-3-5-11(8-10)14(18)16(2)9-13(17)15-12-6-7-12/h3-5,8,12H,6-7,9H2,1-2H3,(H,15,17). The minimum absolute atomic E-state index is 0.0824. The molecule has 1 aliphatic rings. The molecule has 0 spiro atoms. The van der Waals surface area contributed by atoms with E-state index in [4.69, 9.17) is 0 Å². The molecule has 1 aliphatic carbocycles. The number of amides is 2. The summed E-state index contributed by atoms with van der Waals surface area (Å²) in [5.74, 6) is -0.203. The molecule has 1 fully saturated rings. The summed E-state index contributed by atoms with van der Waals surface area (Å²) in [7, 11) is 1.65. The molecule has 0 atom stereocenters. The number of rotatable bonds is 4. The van der Waals surface area contributed by atoms with Gasteiger partial charge in [0, 0.05) is 18.7 Å². The molecule has 2 rings (SSSR count). The molecule has 1 N–H and O–H groups in total.